The number of halogens is 1. The molecule has 0 aliphatic heterocycles. The molecule has 0 amide bonds. The topological polar surface area (TPSA) is 78.8 Å². The van der Waals surface area contributed by atoms with E-state index in [9.17, 15) is 10.1 Å². The number of aromatic amines is 1. The molecule has 0 unspecified atom stereocenters. The van der Waals surface area contributed by atoms with E-state index in [0.717, 1.165) is 16.6 Å². The van der Waals surface area contributed by atoms with E-state index in [-0.39, 0.29) is 5.92 Å². The quantitative estimate of drug-likeness (QED) is 0.732. The summed E-state index contributed by atoms with van der Waals surface area (Å²) in [5, 5.41) is 10.6. The van der Waals surface area contributed by atoms with Crippen LogP contribution in [0.2, 0.25) is 5.02 Å². The number of esters is 1. The molecule has 4 rings (SSSR count). The van der Waals surface area contributed by atoms with Crippen molar-refractivity contribution in [3.63, 3.8) is 0 Å². The van der Waals surface area contributed by atoms with Crippen molar-refractivity contribution in [1.29, 1.82) is 5.26 Å². The van der Waals surface area contributed by atoms with E-state index in [0.29, 0.717) is 10.8 Å². The Morgan fingerprint density at radius 1 is 1.28 bits per heavy atom. The summed E-state index contributed by atoms with van der Waals surface area (Å²) in [4.78, 5) is 20.1. The first kappa shape index (κ1) is 15.7. The zero-order valence-electron chi connectivity index (χ0n) is 13.4. The normalized spacial score (nSPS) is 24.7. The van der Waals surface area contributed by atoms with Gasteiger partial charge in [0.05, 0.1) is 30.1 Å². The van der Waals surface area contributed by atoms with Gasteiger partial charge in [-0.1, -0.05) is 35.9 Å². The lowest BCUT2D eigenvalue weighted by atomic mass is 9.99. The van der Waals surface area contributed by atoms with E-state index >= 15 is 0 Å². The predicted molar refractivity (Wildman–Crippen MR) is 93.1 cm³/mol. The van der Waals surface area contributed by atoms with Gasteiger partial charge in [0, 0.05) is 10.9 Å². The maximum atomic E-state index is 12.3. The number of benzene rings is 2. The minimum Gasteiger partial charge on any atom is -0.469 e. The highest BCUT2D eigenvalue weighted by atomic mass is 35.5. The number of ether oxygens (including phenoxy) is 1. The molecule has 124 valence electrons. The fraction of sp³-hybridized carbons (Fsp3) is 0.211. The molecule has 1 saturated carbocycles. The number of nitrogens with zero attached hydrogens (tertiary/aromatic N) is 2. The number of para-hydroxylation sites is 2. The summed E-state index contributed by atoms with van der Waals surface area (Å²) in [5.74, 6) is -0.861. The molecule has 3 atom stereocenters. The zero-order valence-corrected chi connectivity index (χ0v) is 14.1. The lowest BCUT2D eigenvalue weighted by molar-refractivity contribution is -0.142. The van der Waals surface area contributed by atoms with E-state index in [2.05, 4.69) is 16.0 Å². The van der Waals surface area contributed by atoms with Gasteiger partial charge in [-0.15, -0.1) is 0 Å². The van der Waals surface area contributed by atoms with Gasteiger partial charge in [-0.2, -0.15) is 5.26 Å². The van der Waals surface area contributed by atoms with Gasteiger partial charge in [0.15, 0.2) is 0 Å². The van der Waals surface area contributed by atoms with Crippen molar-refractivity contribution in [2.24, 2.45) is 5.92 Å². The Hall–Kier alpha value is -2.84. The van der Waals surface area contributed by atoms with Gasteiger partial charge < -0.3 is 9.72 Å². The van der Waals surface area contributed by atoms with Crippen LogP contribution in [0.1, 0.15) is 17.3 Å². The van der Waals surface area contributed by atoms with Gasteiger partial charge in [-0.25, -0.2) is 4.98 Å². The minimum absolute atomic E-state index is 0.331. The van der Waals surface area contributed by atoms with Gasteiger partial charge in [0.25, 0.3) is 0 Å². The third-order valence-electron chi connectivity index (χ3n) is 4.86. The van der Waals surface area contributed by atoms with Crippen LogP contribution in [0.5, 0.6) is 0 Å². The van der Waals surface area contributed by atoms with Crippen LogP contribution in [0.3, 0.4) is 0 Å². The third kappa shape index (κ3) is 2.22. The summed E-state index contributed by atoms with van der Waals surface area (Å²) < 4.78 is 4.94. The van der Waals surface area contributed by atoms with Crippen molar-refractivity contribution >= 4 is 28.6 Å². The number of aromatic nitrogens is 2. The Kier molecular flexibility index (Phi) is 3.52. The van der Waals surface area contributed by atoms with Crippen molar-refractivity contribution < 1.29 is 9.53 Å². The second-order valence-electron chi connectivity index (χ2n) is 6.11. The SMILES string of the molecule is COC(=O)[C@H]1[C@H](c2ccc(Cl)cc2)[C@]1(C#N)c1nc2ccccc2[nH]1. The fourth-order valence-corrected chi connectivity index (χ4v) is 3.72. The maximum Gasteiger partial charge on any atom is 0.311 e. The lowest BCUT2D eigenvalue weighted by Crippen LogP contribution is -2.16. The number of methoxy groups -OCH3 is 1. The highest BCUT2D eigenvalue weighted by Gasteiger charge is 2.73. The molecule has 2 aromatic carbocycles. The molecular weight excluding hydrogens is 338 g/mol. The van der Waals surface area contributed by atoms with E-state index in [4.69, 9.17) is 16.3 Å². The molecule has 25 heavy (non-hydrogen) atoms. The van der Waals surface area contributed by atoms with Crippen LogP contribution in [-0.2, 0) is 14.9 Å². The number of imidazole rings is 1. The van der Waals surface area contributed by atoms with Crippen LogP contribution in [0.4, 0.5) is 0 Å². The summed E-state index contributed by atoms with van der Waals surface area (Å²) in [5.41, 5.74) is 1.39. The number of carbonyl (C=O) groups excluding carboxylic acids is 1. The predicted octanol–water partition coefficient (Wildman–Crippen LogP) is 3.56. The number of rotatable bonds is 3. The second kappa shape index (κ2) is 5.61. The summed E-state index contributed by atoms with van der Waals surface area (Å²) in [7, 11) is 1.33. The molecule has 1 N–H and O–H groups in total. The van der Waals surface area contributed by atoms with Crippen LogP contribution < -0.4 is 0 Å². The first-order valence-electron chi connectivity index (χ1n) is 7.81. The van der Waals surface area contributed by atoms with Crippen LogP contribution in [-0.4, -0.2) is 23.0 Å². The molecule has 3 aromatic rings. The zero-order chi connectivity index (χ0) is 17.6. The van der Waals surface area contributed by atoms with Crippen molar-refractivity contribution in [3.05, 3.63) is 64.9 Å². The van der Waals surface area contributed by atoms with Gasteiger partial charge in [0.1, 0.15) is 11.2 Å². The van der Waals surface area contributed by atoms with Crippen molar-refractivity contribution in [3.8, 4) is 6.07 Å². The Labute approximate surface area is 149 Å². The smallest absolute Gasteiger partial charge is 0.311 e. The summed E-state index contributed by atoms with van der Waals surface area (Å²) in [6.45, 7) is 0. The number of H-pyrrole nitrogens is 1. The summed E-state index contributed by atoms with van der Waals surface area (Å²) in [6, 6.07) is 17.1. The highest BCUT2D eigenvalue weighted by molar-refractivity contribution is 6.30. The number of carbonyl (C=O) groups is 1. The van der Waals surface area contributed by atoms with E-state index < -0.39 is 17.3 Å². The molecule has 1 heterocycles. The van der Waals surface area contributed by atoms with Crippen LogP contribution in [0, 0.1) is 17.2 Å². The third-order valence-corrected chi connectivity index (χ3v) is 5.11. The number of hydrogen-bond donors (Lipinski definition) is 1. The highest BCUT2D eigenvalue weighted by Crippen LogP contribution is 2.65. The van der Waals surface area contributed by atoms with Gasteiger partial charge in [0.2, 0.25) is 0 Å². The molecule has 0 bridgehead atoms. The molecule has 1 aliphatic carbocycles. The fourth-order valence-electron chi connectivity index (χ4n) is 3.60. The molecule has 1 fully saturated rings. The number of fused-ring (bicyclic) bond motifs is 1. The van der Waals surface area contributed by atoms with Gasteiger partial charge in [-0.05, 0) is 29.8 Å². The first-order valence-corrected chi connectivity index (χ1v) is 8.19. The largest absolute Gasteiger partial charge is 0.469 e. The average molecular weight is 352 g/mol. The molecule has 0 saturated heterocycles. The van der Waals surface area contributed by atoms with Crippen molar-refractivity contribution in [2.75, 3.05) is 7.11 Å². The second-order valence-corrected chi connectivity index (χ2v) is 6.55. The minimum atomic E-state index is -1.07. The van der Waals surface area contributed by atoms with Gasteiger partial charge in [-0.3, -0.25) is 4.79 Å². The van der Waals surface area contributed by atoms with Crippen LogP contribution >= 0.6 is 11.6 Å². The Morgan fingerprint density at radius 3 is 2.64 bits per heavy atom. The van der Waals surface area contributed by atoms with Crippen molar-refractivity contribution in [1.82, 2.24) is 9.97 Å². The molecule has 0 radical (unpaired) electrons. The molecular formula is C19H14ClN3O2. The number of nitrogens with one attached hydrogen (secondary N) is 1. The van der Waals surface area contributed by atoms with E-state index in [1.807, 2.05) is 36.4 Å². The summed E-state index contributed by atoms with van der Waals surface area (Å²) >= 11 is 5.96. The van der Waals surface area contributed by atoms with Crippen LogP contribution in [0.15, 0.2) is 48.5 Å². The van der Waals surface area contributed by atoms with E-state index in [1.165, 1.54) is 7.11 Å². The van der Waals surface area contributed by atoms with E-state index in [1.54, 1.807) is 12.1 Å². The molecule has 1 aliphatic rings. The first-order chi connectivity index (χ1) is 12.1. The Morgan fingerprint density at radius 2 is 2.00 bits per heavy atom. The molecule has 6 heteroatoms. The van der Waals surface area contributed by atoms with Crippen molar-refractivity contribution in [2.45, 2.75) is 11.3 Å². The number of hydrogen-bond acceptors (Lipinski definition) is 4. The monoisotopic (exact) mass is 351 g/mol. The van der Waals surface area contributed by atoms with Gasteiger partial charge >= 0.3 is 5.97 Å². The number of nitriles is 1. The standard InChI is InChI=1S/C19H14ClN3O2/c1-25-17(24)16-15(11-6-8-12(20)9-7-11)19(16,10-21)18-22-13-4-2-3-5-14(13)23-18/h2-9,15-16H,1H3,(H,22,23)/t15-,16+,19-/m0/s1. The Balaban J connectivity index is 1.86. The lowest BCUT2D eigenvalue weighted by Gasteiger charge is -2.05. The Bertz CT molecular complexity index is 972. The average Bonchev–Trinajstić information content (AvgIpc) is 3.13. The van der Waals surface area contributed by atoms with Crippen LogP contribution in [0.25, 0.3) is 11.0 Å². The molecule has 0 spiro atoms. The summed E-state index contributed by atoms with van der Waals surface area (Å²) in [6.07, 6.45) is 0. The maximum absolute atomic E-state index is 12.3. The molecule has 1 aromatic heterocycles. The molecule has 5 nitrogen and oxygen atoms in total.